The van der Waals surface area contributed by atoms with Gasteiger partial charge in [-0.05, 0) is 41.5 Å². The number of ether oxygens (including phenoxy) is 1. The number of hydrogen-bond donors (Lipinski definition) is 1. The third kappa shape index (κ3) is 2.04. The lowest BCUT2D eigenvalue weighted by molar-refractivity contribution is 0.0305. The number of thiol groups is 1. The second-order valence-electron chi connectivity index (χ2n) is 5.25. The van der Waals surface area contributed by atoms with E-state index >= 15 is 0 Å². The fraction of sp³-hybridized carbons (Fsp3) is 0.462. The summed E-state index contributed by atoms with van der Waals surface area (Å²) in [4.78, 5) is 6.95. The summed E-state index contributed by atoms with van der Waals surface area (Å²) in [7, 11) is 0. The third-order valence-corrected chi connectivity index (χ3v) is 5.14. The maximum atomic E-state index is 5.88. The van der Waals surface area contributed by atoms with Gasteiger partial charge >= 0.3 is 0 Å². The minimum Gasteiger partial charge on any atom is -0.371 e. The van der Waals surface area contributed by atoms with Crippen molar-refractivity contribution < 1.29 is 4.74 Å². The fourth-order valence-electron chi connectivity index (χ4n) is 3.04. The van der Waals surface area contributed by atoms with Crippen LogP contribution in [0.2, 0.25) is 0 Å². The quantitative estimate of drug-likeness (QED) is 0.603. The number of aromatic nitrogens is 2. The van der Waals surface area contributed by atoms with Gasteiger partial charge in [-0.2, -0.15) is 0 Å². The Morgan fingerprint density at radius 3 is 2.79 bits per heavy atom. The Morgan fingerprint density at radius 2 is 2.05 bits per heavy atom. The Balaban J connectivity index is 1.73. The largest absolute Gasteiger partial charge is 0.371 e. The molecular formula is C13H14IN3OS. The molecule has 2 fully saturated rings. The zero-order chi connectivity index (χ0) is 13.0. The van der Waals surface area contributed by atoms with Crippen molar-refractivity contribution in [3.8, 4) is 0 Å². The number of nitrogens with zero attached hydrogens (tertiary/aromatic N) is 3. The SMILES string of the molecule is Sn1cc(I)c2cc(N3CC4CCC(C3)O4)cnc21. The number of pyridine rings is 1. The molecule has 2 atom stereocenters. The third-order valence-electron chi connectivity index (χ3n) is 3.97. The Bertz CT molecular complexity index is 632. The van der Waals surface area contributed by atoms with E-state index in [1.807, 2.05) is 12.4 Å². The average molecular weight is 387 g/mol. The number of fused-ring (bicyclic) bond motifs is 3. The lowest BCUT2D eigenvalue weighted by Gasteiger charge is -2.33. The molecule has 100 valence electrons. The van der Waals surface area contributed by atoms with Crippen molar-refractivity contribution >= 4 is 52.1 Å². The summed E-state index contributed by atoms with van der Waals surface area (Å²) in [5.41, 5.74) is 2.12. The van der Waals surface area contributed by atoms with Gasteiger partial charge in [0.2, 0.25) is 0 Å². The van der Waals surface area contributed by atoms with Crippen molar-refractivity contribution in [3.63, 3.8) is 0 Å². The molecular weight excluding hydrogens is 373 g/mol. The van der Waals surface area contributed by atoms with Crippen LogP contribution in [0.1, 0.15) is 12.8 Å². The summed E-state index contributed by atoms with van der Waals surface area (Å²) in [5.74, 6) is 0. The molecule has 0 radical (unpaired) electrons. The lowest BCUT2D eigenvalue weighted by Crippen LogP contribution is -2.42. The lowest BCUT2D eigenvalue weighted by atomic mass is 10.2. The topological polar surface area (TPSA) is 30.3 Å². The molecule has 4 heterocycles. The average Bonchev–Trinajstić information content (AvgIpc) is 2.90. The Morgan fingerprint density at radius 1 is 1.32 bits per heavy atom. The highest BCUT2D eigenvalue weighted by molar-refractivity contribution is 14.1. The maximum absolute atomic E-state index is 5.88. The van der Waals surface area contributed by atoms with Crippen molar-refractivity contribution in [3.05, 3.63) is 22.0 Å². The monoisotopic (exact) mass is 387 g/mol. The van der Waals surface area contributed by atoms with Gasteiger partial charge in [-0.3, -0.25) is 3.97 Å². The van der Waals surface area contributed by atoms with Crippen LogP contribution in [0.25, 0.3) is 11.0 Å². The molecule has 6 heteroatoms. The Kier molecular flexibility index (Phi) is 2.93. The van der Waals surface area contributed by atoms with E-state index in [1.165, 1.54) is 27.5 Å². The maximum Gasteiger partial charge on any atom is 0.150 e. The summed E-state index contributed by atoms with van der Waals surface area (Å²) in [6, 6.07) is 2.22. The van der Waals surface area contributed by atoms with Crippen LogP contribution >= 0.6 is 35.4 Å². The van der Waals surface area contributed by atoms with Gasteiger partial charge in [0.05, 0.1) is 24.1 Å². The zero-order valence-corrected chi connectivity index (χ0v) is 13.3. The van der Waals surface area contributed by atoms with Crippen LogP contribution in [0.15, 0.2) is 18.5 Å². The molecule has 2 saturated heterocycles. The summed E-state index contributed by atoms with van der Waals surface area (Å²) in [6.45, 7) is 1.98. The van der Waals surface area contributed by atoms with Crippen molar-refractivity contribution in [2.75, 3.05) is 18.0 Å². The van der Waals surface area contributed by atoms with Crippen molar-refractivity contribution in [2.45, 2.75) is 25.0 Å². The minimum absolute atomic E-state index is 0.406. The normalized spacial score (nSPS) is 26.3. The molecule has 2 aromatic rings. The molecule has 2 aromatic heterocycles. The first-order valence-electron chi connectivity index (χ1n) is 6.47. The van der Waals surface area contributed by atoms with E-state index in [-0.39, 0.29) is 0 Å². The summed E-state index contributed by atoms with van der Waals surface area (Å²) in [5, 5.41) is 1.17. The van der Waals surface area contributed by atoms with E-state index < -0.39 is 0 Å². The molecule has 19 heavy (non-hydrogen) atoms. The van der Waals surface area contributed by atoms with Crippen LogP contribution in [0.3, 0.4) is 0 Å². The first kappa shape index (κ1) is 12.3. The first-order chi connectivity index (χ1) is 9.20. The zero-order valence-electron chi connectivity index (χ0n) is 10.3. The summed E-state index contributed by atoms with van der Waals surface area (Å²) < 4.78 is 8.85. The van der Waals surface area contributed by atoms with E-state index in [2.05, 4.69) is 51.4 Å². The number of morpholine rings is 1. The van der Waals surface area contributed by atoms with E-state index in [4.69, 9.17) is 4.74 Å². The van der Waals surface area contributed by atoms with Crippen LogP contribution in [0.4, 0.5) is 5.69 Å². The smallest absolute Gasteiger partial charge is 0.150 e. The standard InChI is InChI=1S/C13H14IN3OS/c14-12-7-17(19)13-11(12)3-8(4-15-13)16-5-9-1-2-10(6-16)18-9/h3-4,7,9-10,19H,1-2,5-6H2. The van der Waals surface area contributed by atoms with Crippen LogP contribution in [0.5, 0.6) is 0 Å². The molecule has 2 aliphatic heterocycles. The highest BCUT2D eigenvalue weighted by Crippen LogP contribution is 2.31. The molecule has 2 aliphatic rings. The highest BCUT2D eigenvalue weighted by atomic mass is 127. The van der Waals surface area contributed by atoms with E-state index in [0.717, 1.165) is 18.7 Å². The highest BCUT2D eigenvalue weighted by Gasteiger charge is 2.33. The second kappa shape index (κ2) is 4.53. The Hall–Kier alpha value is -0.470. The van der Waals surface area contributed by atoms with Gasteiger partial charge in [-0.1, -0.05) is 12.8 Å². The molecule has 4 rings (SSSR count). The van der Waals surface area contributed by atoms with E-state index in [9.17, 15) is 0 Å². The minimum atomic E-state index is 0.406. The molecule has 0 aliphatic carbocycles. The Labute approximate surface area is 130 Å². The van der Waals surface area contributed by atoms with Gasteiger partial charge in [0, 0.05) is 28.2 Å². The predicted octanol–water partition coefficient (Wildman–Crippen LogP) is 2.70. The molecule has 0 N–H and O–H groups in total. The summed E-state index contributed by atoms with van der Waals surface area (Å²) in [6.07, 6.45) is 7.15. The van der Waals surface area contributed by atoms with Gasteiger partial charge in [-0.25, -0.2) is 4.98 Å². The van der Waals surface area contributed by atoms with Gasteiger partial charge in [0.15, 0.2) is 5.65 Å². The van der Waals surface area contributed by atoms with Gasteiger partial charge < -0.3 is 9.64 Å². The van der Waals surface area contributed by atoms with Crippen molar-refractivity contribution in [2.24, 2.45) is 0 Å². The van der Waals surface area contributed by atoms with Crippen molar-refractivity contribution in [1.82, 2.24) is 8.96 Å². The molecule has 4 nitrogen and oxygen atoms in total. The number of anilines is 1. The van der Waals surface area contributed by atoms with Gasteiger partial charge in [-0.15, -0.1) is 0 Å². The fourth-order valence-corrected chi connectivity index (χ4v) is 4.21. The first-order valence-corrected chi connectivity index (χ1v) is 7.95. The van der Waals surface area contributed by atoms with Crippen LogP contribution < -0.4 is 4.90 Å². The van der Waals surface area contributed by atoms with Crippen LogP contribution in [-0.2, 0) is 4.74 Å². The van der Waals surface area contributed by atoms with Crippen molar-refractivity contribution in [1.29, 1.82) is 0 Å². The molecule has 2 unspecified atom stereocenters. The molecule has 0 saturated carbocycles. The number of rotatable bonds is 1. The molecule has 2 bridgehead atoms. The summed E-state index contributed by atoms with van der Waals surface area (Å²) >= 11 is 6.72. The van der Waals surface area contributed by atoms with Gasteiger partial charge in [0.1, 0.15) is 0 Å². The number of hydrogen-bond acceptors (Lipinski definition) is 4. The molecule has 0 spiro atoms. The van der Waals surface area contributed by atoms with Crippen LogP contribution in [0, 0.1) is 3.57 Å². The molecule has 0 aromatic carbocycles. The van der Waals surface area contributed by atoms with Gasteiger partial charge in [0.25, 0.3) is 0 Å². The second-order valence-corrected chi connectivity index (χ2v) is 6.84. The van der Waals surface area contributed by atoms with E-state index in [0.29, 0.717) is 12.2 Å². The van der Waals surface area contributed by atoms with Crippen LogP contribution in [-0.4, -0.2) is 34.3 Å². The predicted molar refractivity (Wildman–Crippen MR) is 86.9 cm³/mol. The van der Waals surface area contributed by atoms with E-state index in [1.54, 1.807) is 3.97 Å². The molecule has 0 amide bonds. The number of halogens is 1.